The number of hydrogen-bond donors (Lipinski definition) is 1. The van der Waals surface area contributed by atoms with Gasteiger partial charge in [-0.3, -0.25) is 0 Å². The Balaban J connectivity index is 2.71. The quantitative estimate of drug-likeness (QED) is 0.871. The summed E-state index contributed by atoms with van der Waals surface area (Å²) in [5.41, 5.74) is 0.679. The van der Waals surface area contributed by atoms with Crippen molar-refractivity contribution in [1.29, 1.82) is 0 Å². The van der Waals surface area contributed by atoms with Crippen molar-refractivity contribution in [3.05, 3.63) is 29.6 Å². The van der Waals surface area contributed by atoms with Crippen LogP contribution in [0.4, 0.5) is 4.39 Å². The summed E-state index contributed by atoms with van der Waals surface area (Å²) in [6.07, 6.45) is 0. The van der Waals surface area contributed by atoms with Crippen LogP contribution < -0.4 is 9.88 Å². The first-order chi connectivity index (χ1) is 8.69. The van der Waals surface area contributed by atoms with Crippen LogP contribution in [0.5, 0.6) is 5.75 Å². The average molecular weight is 289 g/mol. The zero-order valence-electron chi connectivity index (χ0n) is 11.4. The Morgan fingerprint density at radius 3 is 2.47 bits per heavy atom. The Labute approximate surface area is 113 Å². The number of rotatable bonds is 6. The van der Waals surface area contributed by atoms with Gasteiger partial charge >= 0.3 is 0 Å². The minimum absolute atomic E-state index is 0.120. The molecule has 4 nitrogen and oxygen atoms in total. The van der Waals surface area contributed by atoms with Crippen molar-refractivity contribution in [2.75, 3.05) is 12.4 Å². The largest absolute Gasteiger partial charge is 0.493 e. The molecule has 0 saturated carbocycles. The monoisotopic (exact) mass is 289 g/mol. The fraction of sp³-hybridized carbons (Fsp3) is 0.538. The van der Waals surface area contributed by atoms with Gasteiger partial charge in [-0.05, 0) is 36.6 Å². The summed E-state index contributed by atoms with van der Waals surface area (Å²) in [5.74, 6) is 0.0417. The molecule has 19 heavy (non-hydrogen) atoms. The van der Waals surface area contributed by atoms with Gasteiger partial charge in [0.15, 0.2) is 0 Å². The molecule has 0 aliphatic rings. The molecule has 0 aliphatic carbocycles. The van der Waals surface area contributed by atoms with E-state index in [0.717, 1.165) is 0 Å². The summed E-state index contributed by atoms with van der Waals surface area (Å²) in [5, 5.41) is 5.06. The Morgan fingerprint density at radius 2 is 2.00 bits per heavy atom. The summed E-state index contributed by atoms with van der Waals surface area (Å²) in [6.45, 7) is 5.80. The molecule has 0 bridgehead atoms. The third-order valence-corrected chi connectivity index (χ3v) is 3.87. The molecule has 1 aromatic rings. The number of hydrogen-bond acceptors (Lipinski definition) is 3. The summed E-state index contributed by atoms with van der Waals surface area (Å²) >= 11 is 0. The molecule has 1 rings (SSSR count). The van der Waals surface area contributed by atoms with Gasteiger partial charge in [0.2, 0.25) is 10.0 Å². The van der Waals surface area contributed by atoms with Gasteiger partial charge in [0, 0.05) is 5.92 Å². The van der Waals surface area contributed by atoms with Crippen LogP contribution in [0.2, 0.25) is 0 Å². The first-order valence-electron chi connectivity index (χ1n) is 6.08. The van der Waals surface area contributed by atoms with E-state index in [1.54, 1.807) is 13.0 Å². The van der Waals surface area contributed by atoms with E-state index in [-0.39, 0.29) is 30.0 Å². The van der Waals surface area contributed by atoms with Gasteiger partial charge in [0.1, 0.15) is 11.6 Å². The number of nitrogens with two attached hydrogens (primary N) is 1. The van der Waals surface area contributed by atoms with Crippen molar-refractivity contribution in [3.63, 3.8) is 0 Å². The van der Waals surface area contributed by atoms with E-state index >= 15 is 0 Å². The van der Waals surface area contributed by atoms with E-state index in [0.29, 0.717) is 11.3 Å². The normalized spacial score (nSPS) is 13.6. The smallest absolute Gasteiger partial charge is 0.209 e. The maximum absolute atomic E-state index is 12.9. The van der Waals surface area contributed by atoms with E-state index in [1.807, 2.05) is 13.8 Å². The number of primary sulfonamides is 1. The van der Waals surface area contributed by atoms with E-state index in [9.17, 15) is 12.8 Å². The molecular formula is C13H20FNO3S. The first kappa shape index (κ1) is 15.9. The van der Waals surface area contributed by atoms with Crippen LogP contribution in [0.1, 0.15) is 19.4 Å². The molecule has 1 unspecified atom stereocenters. The summed E-state index contributed by atoms with van der Waals surface area (Å²) in [6, 6.07) is 4.23. The first-order valence-corrected chi connectivity index (χ1v) is 7.80. The van der Waals surface area contributed by atoms with Gasteiger partial charge in [-0.25, -0.2) is 17.9 Å². The van der Waals surface area contributed by atoms with Gasteiger partial charge in [0.25, 0.3) is 0 Å². The highest BCUT2D eigenvalue weighted by Crippen LogP contribution is 2.21. The van der Waals surface area contributed by atoms with E-state index < -0.39 is 10.0 Å². The maximum Gasteiger partial charge on any atom is 0.209 e. The number of aryl methyl sites for hydroxylation is 1. The minimum Gasteiger partial charge on any atom is -0.493 e. The van der Waals surface area contributed by atoms with E-state index in [4.69, 9.17) is 9.88 Å². The van der Waals surface area contributed by atoms with Crippen LogP contribution in [-0.4, -0.2) is 20.8 Å². The SMILES string of the molecule is Cc1cc(F)ccc1OCC(CS(N)(=O)=O)C(C)C. The predicted molar refractivity (Wildman–Crippen MR) is 72.9 cm³/mol. The van der Waals surface area contributed by atoms with Gasteiger partial charge in [-0.15, -0.1) is 0 Å². The second-order valence-corrected chi connectivity index (χ2v) is 6.71. The van der Waals surface area contributed by atoms with Crippen LogP contribution in [0.15, 0.2) is 18.2 Å². The average Bonchev–Trinajstić information content (AvgIpc) is 2.24. The highest BCUT2D eigenvalue weighted by molar-refractivity contribution is 7.89. The molecule has 2 N–H and O–H groups in total. The molecule has 1 atom stereocenters. The Morgan fingerprint density at radius 1 is 1.37 bits per heavy atom. The van der Waals surface area contributed by atoms with Crippen molar-refractivity contribution in [2.24, 2.45) is 17.0 Å². The second-order valence-electron chi connectivity index (χ2n) is 5.05. The molecule has 108 valence electrons. The molecule has 1 aromatic carbocycles. The predicted octanol–water partition coefficient (Wildman–Crippen LogP) is 2.07. The lowest BCUT2D eigenvalue weighted by Crippen LogP contribution is -2.30. The minimum atomic E-state index is -3.53. The van der Waals surface area contributed by atoms with Crippen molar-refractivity contribution in [1.82, 2.24) is 0 Å². The van der Waals surface area contributed by atoms with E-state index in [2.05, 4.69) is 0 Å². The van der Waals surface area contributed by atoms with Crippen molar-refractivity contribution in [3.8, 4) is 5.75 Å². The number of benzene rings is 1. The van der Waals surface area contributed by atoms with Gasteiger partial charge < -0.3 is 4.74 Å². The topological polar surface area (TPSA) is 69.4 Å². The summed E-state index contributed by atoms with van der Waals surface area (Å²) in [4.78, 5) is 0. The lowest BCUT2D eigenvalue weighted by molar-refractivity contribution is 0.223. The molecule has 0 aliphatic heterocycles. The maximum atomic E-state index is 12.9. The Bertz CT molecular complexity index is 529. The van der Waals surface area contributed by atoms with Crippen molar-refractivity contribution >= 4 is 10.0 Å². The fourth-order valence-electron chi connectivity index (χ4n) is 1.70. The molecule has 0 spiro atoms. The van der Waals surface area contributed by atoms with Crippen LogP contribution >= 0.6 is 0 Å². The van der Waals surface area contributed by atoms with Crippen molar-refractivity contribution < 1.29 is 17.5 Å². The number of halogens is 1. The van der Waals surface area contributed by atoms with E-state index in [1.165, 1.54) is 12.1 Å². The highest BCUT2D eigenvalue weighted by Gasteiger charge is 2.20. The number of ether oxygens (including phenoxy) is 1. The van der Waals surface area contributed by atoms with Gasteiger partial charge in [-0.2, -0.15) is 0 Å². The molecule has 0 saturated heterocycles. The molecular weight excluding hydrogens is 269 g/mol. The lowest BCUT2D eigenvalue weighted by Gasteiger charge is -2.20. The highest BCUT2D eigenvalue weighted by atomic mass is 32.2. The molecule has 0 amide bonds. The third-order valence-electron chi connectivity index (χ3n) is 2.98. The van der Waals surface area contributed by atoms with Gasteiger partial charge in [-0.1, -0.05) is 13.8 Å². The molecule has 0 heterocycles. The Hall–Kier alpha value is -1.14. The standard InChI is InChI=1S/C13H20FNO3S/c1-9(2)11(8-19(15,16)17)7-18-13-5-4-12(14)6-10(13)3/h4-6,9,11H,7-8H2,1-3H3,(H2,15,16,17). The van der Waals surface area contributed by atoms with Crippen LogP contribution in [0, 0.1) is 24.6 Å². The van der Waals surface area contributed by atoms with Crippen molar-refractivity contribution in [2.45, 2.75) is 20.8 Å². The second kappa shape index (κ2) is 6.34. The van der Waals surface area contributed by atoms with Crippen LogP contribution in [0.3, 0.4) is 0 Å². The molecule has 0 radical (unpaired) electrons. The fourth-order valence-corrected chi connectivity index (χ4v) is 2.78. The van der Waals surface area contributed by atoms with Crippen LogP contribution in [-0.2, 0) is 10.0 Å². The third kappa shape index (κ3) is 5.57. The molecule has 6 heteroatoms. The zero-order valence-corrected chi connectivity index (χ0v) is 12.2. The molecule has 0 fully saturated rings. The Kier molecular flexibility index (Phi) is 5.31. The van der Waals surface area contributed by atoms with Gasteiger partial charge in [0.05, 0.1) is 12.4 Å². The lowest BCUT2D eigenvalue weighted by atomic mass is 9.99. The molecule has 0 aromatic heterocycles. The number of sulfonamides is 1. The zero-order chi connectivity index (χ0) is 14.6. The summed E-state index contributed by atoms with van der Waals surface area (Å²) < 4.78 is 40.8. The summed E-state index contributed by atoms with van der Waals surface area (Å²) in [7, 11) is -3.53. The van der Waals surface area contributed by atoms with Crippen LogP contribution in [0.25, 0.3) is 0 Å².